The smallest absolute Gasteiger partial charge is 0.177 e. The molecule has 0 saturated carbocycles. The molecular formula is C13H11FN2O2. The summed E-state index contributed by atoms with van der Waals surface area (Å²) in [5.41, 5.74) is 0.990. The van der Waals surface area contributed by atoms with E-state index in [4.69, 9.17) is 14.5 Å². The molecule has 18 heavy (non-hydrogen) atoms. The molecule has 1 aromatic carbocycles. The highest BCUT2D eigenvalue weighted by molar-refractivity contribution is 5.36. The number of benzene rings is 1. The predicted molar refractivity (Wildman–Crippen MR) is 61.4 cm³/mol. The van der Waals surface area contributed by atoms with Crippen LogP contribution in [0.5, 0.6) is 5.75 Å². The molecule has 1 atom stereocenters. The monoisotopic (exact) mass is 246 g/mol. The molecule has 4 nitrogen and oxygen atoms in total. The van der Waals surface area contributed by atoms with E-state index < -0.39 is 11.9 Å². The fourth-order valence-corrected chi connectivity index (χ4v) is 1.49. The lowest BCUT2D eigenvalue weighted by atomic mass is 10.2. The maximum Gasteiger partial charge on any atom is 0.177 e. The molecule has 92 valence electrons. The Labute approximate surface area is 104 Å². The van der Waals surface area contributed by atoms with Crippen molar-refractivity contribution in [3.8, 4) is 11.8 Å². The van der Waals surface area contributed by atoms with Crippen LogP contribution in [0.4, 0.5) is 4.39 Å². The number of ether oxygens (including phenoxy) is 1. The Morgan fingerprint density at radius 3 is 2.78 bits per heavy atom. The molecule has 0 bridgehead atoms. The largest absolute Gasteiger partial charge is 0.480 e. The van der Waals surface area contributed by atoms with Crippen LogP contribution >= 0.6 is 0 Å². The molecule has 0 aliphatic rings. The Hall–Kier alpha value is -2.35. The van der Waals surface area contributed by atoms with Crippen molar-refractivity contribution in [2.24, 2.45) is 0 Å². The summed E-state index contributed by atoms with van der Waals surface area (Å²) in [6, 6.07) is 7.64. The van der Waals surface area contributed by atoms with Crippen molar-refractivity contribution in [3.05, 3.63) is 47.1 Å². The van der Waals surface area contributed by atoms with E-state index in [0.717, 1.165) is 11.8 Å². The molecule has 0 aliphatic heterocycles. The lowest BCUT2D eigenvalue weighted by Gasteiger charge is -2.12. The van der Waals surface area contributed by atoms with Crippen LogP contribution in [-0.2, 0) is 0 Å². The minimum absolute atomic E-state index is 0.0792. The summed E-state index contributed by atoms with van der Waals surface area (Å²) in [7, 11) is 0. The highest BCUT2D eigenvalue weighted by Crippen LogP contribution is 2.25. The summed E-state index contributed by atoms with van der Waals surface area (Å²) in [4.78, 5) is 0. The standard InChI is InChI=1S/C13H11FN2O2/c1-8-5-13(18-16-8)9(2)17-12-4-3-10(7-15)6-11(12)14/h3-6,9H,1-2H3. The molecule has 1 aromatic heterocycles. The molecular weight excluding hydrogens is 235 g/mol. The Kier molecular flexibility index (Phi) is 3.28. The molecule has 0 amide bonds. The molecule has 0 fully saturated rings. The van der Waals surface area contributed by atoms with Crippen molar-refractivity contribution >= 4 is 0 Å². The third-order valence-electron chi connectivity index (χ3n) is 2.41. The normalized spacial score (nSPS) is 11.9. The molecule has 0 saturated heterocycles. The van der Waals surface area contributed by atoms with Crippen molar-refractivity contribution in [2.75, 3.05) is 0 Å². The van der Waals surface area contributed by atoms with Gasteiger partial charge in [0, 0.05) is 6.07 Å². The number of nitrogens with zero attached hydrogens (tertiary/aromatic N) is 2. The van der Waals surface area contributed by atoms with Crippen molar-refractivity contribution < 1.29 is 13.7 Å². The van der Waals surface area contributed by atoms with E-state index in [0.29, 0.717) is 5.76 Å². The third kappa shape index (κ3) is 2.48. The quantitative estimate of drug-likeness (QED) is 0.834. The maximum absolute atomic E-state index is 13.6. The van der Waals surface area contributed by atoms with Gasteiger partial charge in [-0.3, -0.25) is 0 Å². The zero-order chi connectivity index (χ0) is 13.1. The van der Waals surface area contributed by atoms with Crippen LogP contribution in [0.1, 0.15) is 30.0 Å². The summed E-state index contributed by atoms with van der Waals surface area (Å²) >= 11 is 0. The number of rotatable bonds is 3. The van der Waals surface area contributed by atoms with Gasteiger partial charge in [0.25, 0.3) is 0 Å². The van der Waals surface area contributed by atoms with Gasteiger partial charge in [-0.2, -0.15) is 5.26 Å². The van der Waals surface area contributed by atoms with Crippen molar-refractivity contribution in [3.63, 3.8) is 0 Å². The van der Waals surface area contributed by atoms with Crippen molar-refractivity contribution in [2.45, 2.75) is 20.0 Å². The second-order valence-corrected chi connectivity index (χ2v) is 3.89. The second-order valence-electron chi connectivity index (χ2n) is 3.89. The third-order valence-corrected chi connectivity index (χ3v) is 2.41. The number of aryl methyl sites for hydroxylation is 1. The van der Waals surface area contributed by atoms with Gasteiger partial charge >= 0.3 is 0 Å². The fourth-order valence-electron chi connectivity index (χ4n) is 1.49. The Balaban J connectivity index is 2.17. The fraction of sp³-hybridized carbons (Fsp3) is 0.231. The van der Waals surface area contributed by atoms with Crippen LogP contribution < -0.4 is 4.74 Å². The maximum atomic E-state index is 13.6. The first-order valence-corrected chi connectivity index (χ1v) is 5.39. The zero-order valence-electron chi connectivity index (χ0n) is 9.98. The molecule has 1 heterocycles. The van der Waals surface area contributed by atoms with Gasteiger partial charge in [-0.1, -0.05) is 5.16 Å². The van der Waals surface area contributed by atoms with Crippen LogP contribution in [0.15, 0.2) is 28.8 Å². The number of aromatic nitrogens is 1. The van der Waals surface area contributed by atoms with Gasteiger partial charge in [-0.15, -0.1) is 0 Å². The summed E-state index contributed by atoms with van der Waals surface area (Å²) in [6.07, 6.45) is -0.450. The van der Waals surface area contributed by atoms with Crippen LogP contribution in [-0.4, -0.2) is 5.16 Å². The van der Waals surface area contributed by atoms with E-state index in [9.17, 15) is 4.39 Å². The van der Waals surface area contributed by atoms with E-state index in [1.807, 2.05) is 6.07 Å². The van der Waals surface area contributed by atoms with Gasteiger partial charge in [-0.25, -0.2) is 4.39 Å². The lowest BCUT2D eigenvalue weighted by molar-refractivity contribution is 0.175. The zero-order valence-corrected chi connectivity index (χ0v) is 9.98. The molecule has 0 spiro atoms. The Bertz CT molecular complexity index is 601. The van der Waals surface area contributed by atoms with Gasteiger partial charge in [0.05, 0.1) is 17.3 Å². The van der Waals surface area contributed by atoms with E-state index in [1.165, 1.54) is 12.1 Å². The summed E-state index contributed by atoms with van der Waals surface area (Å²) in [5.74, 6) is 0.0314. The van der Waals surface area contributed by atoms with Crippen LogP contribution in [0.3, 0.4) is 0 Å². The van der Waals surface area contributed by atoms with Crippen molar-refractivity contribution in [1.82, 2.24) is 5.16 Å². The number of halogens is 1. The first kappa shape index (κ1) is 12.1. The minimum atomic E-state index is -0.572. The number of hydrogen-bond donors (Lipinski definition) is 0. The summed E-state index contributed by atoms with van der Waals surface area (Å²) in [5, 5.41) is 12.4. The molecule has 0 radical (unpaired) electrons. The minimum Gasteiger partial charge on any atom is -0.480 e. The predicted octanol–water partition coefficient (Wildman–Crippen LogP) is 3.13. The lowest BCUT2D eigenvalue weighted by Crippen LogP contribution is -2.03. The molecule has 5 heteroatoms. The Morgan fingerprint density at radius 1 is 1.44 bits per heavy atom. The van der Waals surface area contributed by atoms with Gasteiger partial charge in [-0.05, 0) is 32.0 Å². The topological polar surface area (TPSA) is 59.0 Å². The summed E-state index contributed by atoms with van der Waals surface area (Å²) < 4.78 is 24.1. The van der Waals surface area contributed by atoms with E-state index in [-0.39, 0.29) is 11.3 Å². The summed E-state index contributed by atoms with van der Waals surface area (Å²) in [6.45, 7) is 3.53. The van der Waals surface area contributed by atoms with Crippen LogP contribution in [0.25, 0.3) is 0 Å². The SMILES string of the molecule is Cc1cc(C(C)Oc2ccc(C#N)cc2F)on1. The average Bonchev–Trinajstić information content (AvgIpc) is 2.78. The van der Waals surface area contributed by atoms with E-state index >= 15 is 0 Å². The van der Waals surface area contributed by atoms with Crippen molar-refractivity contribution in [1.29, 1.82) is 5.26 Å². The number of hydrogen-bond acceptors (Lipinski definition) is 4. The number of nitriles is 1. The highest BCUT2D eigenvalue weighted by Gasteiger charge is 2.15. The molecule has 2 rings (SSSR count). The Morgan fingerprint density at radius 2 is 2.22 bits per heavy atom. The van der Waals surface area contributed by atoms with Gasteiger partial charge in [0.2, 0.25) is 0 Å². The van der Waals surface area contributed by atoms with Gasteiger partial charge in [0.15, 0.2) is 23.4 Å². The van der Waals surface area contributed by atoms with Gasteiger partial charge < -0.3 is 9.26 Å². The van der Waals surface area contributed by atoms with E-state index in [2.05, 4.69) is 5.16 Å². The van der Waals surface area contributed by atoms with Crippen LogP contribution in [0.2, 0.25) is 0 Å². The first-order chi connectivity index (χ1) is 8.60. The molecule has 1 unspecified atom stereocenters. The first-order valence-electron chi connectivity index (χ1n) is 5.39. The highest BCUT2D eigenvalue weighted by atomic mass is 19.1. The average molecular weight is 246 g/mol. The molecule has 0 N–H and O–H groups in total. The molecule has 0 aliphatic carbocycles. The van der Waals surface area contributed by atoms with E-state index in [1.54, 1.807) is 19.9 Å². The molecule has 2 aromatic rings. The van der Waals surface area contributed by atoms with Gasteiger partial charge in [0.1, 0.15) is 0 Å². The second kappa shape index (κ2) is 4.88. The van der Waals surface area contributed by atoms with Crippen LogP contribution in [0, 0.1) is 24.1 Å².